The molecular formula is C16H23Cl2N. The predicted molar refractivity (Wildman–Crippen MR) is 84.1 cm³/mol. The van der Waals surface area contributed by atoms with Crippen LogP contribution in [0.25, 0.3) is 0 Å². The molecule has 0 spiro atoms. The quantitative estimate of drug-likeness (QED) is 0.829. The van der Waals surface area contributed by atoms with Crippen LogP contribution in [0.15, 0.2) is 18.2 Å². The number of rotatable bonds is 4. The summed E-state index contributed by atoms with van der Waals surface area (Å²) in [4.78, 5) is 0. The highest BCUT2D eigenvalue weighted by molar-refractivity contribution is 6.33. The lowest BCUT2D eigenvalue weighted by Crippen LogP contribution is -2.44. The number of halogens is 2. The summed E-state index contributed by atoms with van der Waals surface area (Å²) in [6.45, 7) is 7.75. The van der Waals surface area contributed by atoms with Crippen molar-refractivity contribution in [3.05, 3.63) is 33.8 Å². The Hall–Kier alpha value is -0.240. The van der Waals surface area contributed by atoms with Crippen molar-refractivity contribution in [1.29, 1.82) is 0 Å². The highest BCUT2D eigenvalue weighted by Crippen LogP contribution is 2.38. The number of hydrogen-bond donors (Lipinski definition) is 1. The Morgan fingerprint density at radius 2 is 1.84 bits per heavy atom. The molecule has 3 heteroatoms. The molecule has 2 rings (SSSR count). The maximum absolute atomic E-state index is 6.24. The van der Waals surface area contributed by atoms with E-state index >= 15 is 0 Å². The number of hydrogen-bond acceptors (Lipinski definition) is 1. The van der Waals surface area contributed by atoms with Gasteiger partial charge in [-0.05, 0) is 82.2 Å². The zero-order valence-corrected chi connectivity index (χ0v) is 13.5. The smallest absolute Gasteiger partial charge is 0.0439 e. The molecule has 19 heavy (non-hydrogen) atoms. The summed E-state index contributed by atoms with van der Waals surface area (Å²) < 4.78 is 0. The first-order chi connectivity index (χ1) is 8.85. The highest BCUT2D eigenvalue weighted by atomic mass is 35.5. The van der Waals surface area contributed by atoms with Gasteiger partial charge in [0.25, 0.3) is 0 Å². The van der Waals surface area contributed by atoms with Gasteiger partial charge in [0.2, 0.25) is 0 Å². The minimum Gasteiger partial charge on any atom is -0.312 e. The largest absolute Gasteiger partial charge is 0.312 e. The van der Waals surface area contributed by atoms with Gasteiger partial charge in [-0.1, -0.05) is 23.2 Å². The SMILES string of the molecule is CC(C)(C)NCC1CCC1Cc1cc(Cl)ccc1Cl. The van der Waals surface area contributed by atoms with Gasteiger partial charge in [0.05, 0.1) is 0 Å². The first kappa shape index (κ1) is 15.2. The lowest BCUT2D eigenvalue weighted by Gasteiger charge is -2.39. The van der Waals surface area contributed by atoms with Crippen LogP contribution < -0.4 is 5.32 Å². The van der Waals surface area contributed by atoms with Crippen molar-refractivity contribution < 1.29 is 0 Å². The molecule has 1 fully saturated rings. The normalized spacial score (nSPS) is 23.2. The number of nitrogens with one attached hydrogen (secondary N) is 1. The minimum absolute atomic E-state index is 0.202. The van der Waals surface area contributed by atoms with Crippen LogP contribution in [0.4, 0.5) is 0 Å². The average Bonchev–Trinajstić information content (AvgIpc) is 2.27. The zero-order chi connectivity index (χ0) is 14.0. The van der Waals surface area contributed by atoms with E-state index in [1.54, 1.807) is 0 Å². The molecule has 0 aliphatic heterocycles. The lowest BCUT2D eigenvalue weighted by molar-refractivity contribution is 0.159. The van der Waals surface area contributed by atoms with Gasteiger partial charge in [-0.25, -0.2) is 0 Å². The summed E-state index contributed by atoms with van der Waals surface area (Å²) in [6.07, 6.45) is 3.68. The Labute approximate surface area is 126 Å². The molecule has 1 aliphatic rings. The second-order valence-corrected chi connectivity index (χ2v) is 7.51. The van der Waals surface area contributed by atoms with Crippen molar-refractivity contribution in [2.75, 3.05) is 6.54 Å². The Bertz CT molecular complexity index is 437. The van der Waals surface area contributed by atoms with Gasteiger partial charge in [-0.3, -0.25) is 0 Å². The third kappa shape index (κ3) is 4.37. The van der Waals surface area contributed by atoms with Crippen molar-refractivity contribution in [2.24, 2.45) is 11.8 Å². The van der Waals surface area contributed by atoms with Gasteiger partial charge in [0.15, 0.2) is 0 Å². The number of benzene rings is 1. The van der Waals surface area contributed by atoms with Gasteiger partial charge in [0.1, 0.15) is 0 Å². The standard InChI is InChI=1S/C16H23Cl2N/c1-16(2,3)19-10-12-5-4-11(12)8-13-9-14(17)6-7-15(13)18/h6-7,9,11-12,19H,4-5,8,10H2,1-3H3. The van der Waals surface area contributed by atoms with Crippen LogP contribution >= 0.6 is 23.2 Å². The van der Waals surface area contributed by atoms with Gasteiger partial charge >= 0.3 is 0 Å². The molecule has 2 unspecified atom stereocenters. The molecule has 0 bridgehead atoms. The molecule has 1 aliphatic carbocycles. The molecule has 2 atom stereocenters. The monoisotopic (exact) mass is 299 g/mol. The molecule has 0 heterocycles. The molecule has 106 valence electrons. The van der Waals surface area contributed by atoms with E-state index in [4.69, 9.17) is 23.2 Å². The molecule has 1 saturated carbocycles. The topological polar surface area (TPSA) is 12.0 Å². The summed E-state index contributed by atoms with van der Waals surface area (Å²) in [5.41, 5.74) is 1.40. The molecule has 0 aromatic heterocycles. The Morgan fingerprint density at radius 3 is 2.42 bits per heavy atom. The Balaban J connectivity index is 1.91. The highest BCUT2D eigenvalue weighted by Gasteiger charge is 2.31. The fourth-order valence-electron chi connectivity index (χ4n) is 2.60. The van der Waals surface area contributed by atoms with E-state index in [9.17, 15) is 0 Å². The molecule has 0 amide bonds. The molecular weight excluding hydrogens is 277 g/mol. The van der Waals surface area contributed by atoms with E-state index in [0.717, 1.165) is 34.8 Å². The van der Waals surface area contributed by atoms with Crippen molar-refractivity contribution in [3.63, 3.8) is 0 Å². The average molecular weight is 300 g/mol. The molecule has 1 aromatic carbocycles. The maximum Gasteiger partial charge on any atom is 0.0439 e. The zero-order valence-electron chi connectivity index (χ0n) is 12.0. The van der Waals surface area contributed by atoms with Crippen LogP contribution in [0.2, 0.25) is 10.0 Å². The first-order valence-electron chi connectivity index (χ1n) is 7.04. The van der Waals surface area contributed by atoms with Crippen LogP contribution in [0.3, 0.4) is 0 Å². The van der Waals surface area contributed by atoms with Crippen molar-refractivity contribution in [3.8, 4) is 0 Å². The fourth-order valence-corrected chi connectivity index (χ4v) is 2.98. The van der Waals surface area contributed by atoms with E-state index in [-0.39, 0.29) is 5.54 Å². The van der Waals surface area contributed by atoms with Gasteiger partial charge in [0, 0.05) is 15.6 Å². The maximum atomic E-state index is 6.24. The second-order valence-electron chi connectivity index (χ2n) is 6.67. The van der Waals surface area contributed by atoms with Crippen molar-refractivity contribution in [1.82, 2.24) is 5.32 Å². The van der Waals surface area contributed by atoms with Crippen LogP contribution in [-0.4, -0.2) is 12.1 Å². The Kier molecular flexibility index (Phi) is 4.81. The van der Waals surface area contributed by atoms with Crippen LogP contribution in [-0.2, 0) is 6.42 Å². The molecule has 0 radical (unpaired) electrons. The predicted octanol–water partition coefficient (Wildman–Crippen LogP) is 4.95. The lowest BCUT2D eigenvalue weighted by atomic mass is 9.70. The summed E-state index contributed by atoms with van der Waals surface area (Å²) in [5.74, 6) is 1.51. The Morgan fingerprint density at radius 1 is 1.16 bits per heavy atom. The second kappa shape index (κ2) is 6.03. The van der Waals surface area contributed by atoms with Crippen molar-refractivity contribution in [2.45, 2.75) is 45.6 Å². The summed E-state index contributed by atoms with van der Waals surface area (Å²) in [6, 6.07) is 5.77. The molecule has 0 saturated heterocycles. The third-order valence-corrected chi connectivity index (χ3v) is 4.56. The van der Waals surface area contributed by atoms with E-state index in [1.807, 2.05) is 18.2 Å². The van der Waals surface area contributed by atoms with E-state index in [2.05, 4.69) is 26.1 Å². The summed E-state index contributed by atoms with van der Waals surface area (Å²) >= 11 is 12.3. The van der Waals surface area contributed by atoms with Crippen molar-refractivity contribution >= 4 is 23.2 Å². The van der Waals surface area contributed by atoms with E-state index in [1.165, 1.54) is 18.4 Å². The van der Waals surface area contributed by atoms with Gasteiger partial charge in [-0.2, -0.15) is 0 Å². The molecule has 1 aromatic rings. The van der Waals surface area contributed by atoms with Gasteiger partial charge in [-0.15, -0.1) is 0 Å². The van der Waals surface area contributed by atoms with E-state index in [0.29, 0.717) is 0 Å². The van der Waals surface area contributed by atoms with Crippen LogP contribution in [0, 0.1) is 11.8 Å². The van der Waals surface area contributed by atoms with E-state index < -0.39 is 0 Å². The minimum atomic E-state index is 0.202. The first-order valence-corrected chi connectivity index (χ1v) is 7.80. The van der Waals surface area contributed by atoms with Gasteiger partial charge < -0.3 is 5.32 Å². The summed E-state index contributed by atoms with van der Waals surface area (Å²) in [7, 11) is 0. The third-order valence-electron chi connectivity index (χ3n) is 3.96. The summed E-state index contributed by atoms with van der Waals surface area (Å²) in [5, 5.41) is 5.23. The van der Waals surface area contributed by atoms with Crippen LogP contribution in [0.1, 0.15) is 39.2 Å². The fraction of sp³-hybridized carbons (Fsp3) is 0.625. The van der Waals surface area contributed by atoms with Crippen LogP contribution in [0.5, 0.6) is 0 Å². The molecule has 1 N–H and O–H groups in total. The molecule has 1 nitrogen and oxygen atoms in total.